The third-order valence-corrected chi connectivity index (χ3v) is 9.27. The van der Waals surface area contributed by atoms with Gasteiger partial charge in [-0.3, -0.25) is 9.11 Å². The molecule has 5 aromatic rings. The molecule has 19 heteroatoms. The van der Waals surface area contributed by atoms with Gasteiger partial charge in [0.05, 0.1) is 49.7 Å². The molecule has 0 amide bonds. The van der Waals surface area contributed by atoms with E-state index in [1.54, 1.807) is 49.4 Å². The average molecular weight is 735 g/mol. The molecular weight excluding hydrogens is 708 g/mol. The average Bonchev–Trinajstić information content (AvgIpc) is 3.07. The molecule has 5 aromatic carbocycles. The van der Waals surface area contributed by atoms with E-state index >= 15 is 0 Å². The lowest BCUT2D eigenvalue weighted by atomic mass is 10.1. The Hall–Kier alpha value is -5.79. The van der Waals surface area contributed by atoms with Gasteiger partial charge in [0.25, 0.3) is 20.2 Å². The summed E-state index contributed by atoms with van der Waals surface area (Å²) in [5.41, 5.74) is 27.7. The van der Waals surface area contributed by atoms with Crippen LogP contribution in [-0.4, -0.2) is 25.9 Å². The highest BCUT2D eigenvalue weighted by molar-refractivity contribution is 7.86. The number of anilines is 4. The van der Waals surface area contributed by atoms with Crippen molar-refractivity contribution in [3.05, 3.63) is 95.5 Å². The van der Waals surface area contributed by atoms with Gasteiger partial charge in [0.2, 0.25) is 0 Å². The van der Waals surface area contributed by atoms with E-state index in [0.29, 0.717) is 28.3 Å². The summed E-state index contributed by atoms with van der Waals surface area (Å²) in [6, 6.07) is 21.6. The summed E-state index contributed by atoms with van der Waals surface area (Å²) in [7, 11) is -9.06. The van der Waals surface area contributed by atoms with E-state index in [2.05, 4.69) is 30.7 Å². The minimum absolute atomic E-state index is 0.117. The van der Waals surface area contributed by atoms with Crippen LogP contribution in [-0.2, 0) is 20.2 Å². The zero-order valence-electron chi connectivity index (χ0n) is 25.8. The number of nitrogen functional groups attached to an aromatic ring is 4. The van der Waals surface area contributed by atoms with Crippen LogP contribution in [0.5, 0.6) is 0 Å². The molecule has 0 radical (unpaired) electrons. The first-order chi connectivity index (χ1) is 23.5. The van der Waals surface area contributed by atoms with Gasteiger partial charge in [0.1, 0.15) is 22.0 Å². The third-order valence-electron chi connectivity index (χ3n) is 7.11. The minimum atomic E-state index is -4.72. The van der Waals surface area contributed by atoms with Gasteiger partial charge in [-0.15, -0.1) is 15.3 Å². The van der Waals surface area contributed by atoms with Crippen LogP contribution in [0.4, 0.5) is 56.9 Å². The van der Waals surface area contributed by atoms with Crippen LogP contribution in [0.3, 0.4) is 0 Å². The van der Waals surface area contributed by atoms with Crippen molar-refractivity contribution in [1.29, 1.82) is 0 Å². The lowest BCUT2D eigenvalue weighted by molar-refractivity contribution is 0.481. The fourth-order valence-corrected chi connectivity index (χ4v) is 5.72. The molecule has 0 spiro atoms. The Balaban J connectivity index is 1.32. The summed E-state index contributed by atoms with van der Waals surface area (Å²) in [5, 5.41) is 24.6. The Morgan fingerprint density at radius 2 is 1.02 bits per heavy atom. The predicted molar refractivity (Wildman–Crippen MR) is 191 cm³/mol. The molecule has 10 N–H and O–H groups in total. The molecule has 5 rings (SSSR count). The van der Waals surface area contributed by atoms with E-state index < -0.39 is 25.1 Å². The largest absolute Gasteiger partial charge is 0.397 e. The highest BCUT2D eigenvalue weighted by atomic mass is 35.5. The predicted octanol–water partition coefficient (Wildman–Crippen LogP) is 8.38. The second-order valence-corrected chi connectivity index (χ2v) is 13.8. The van der Waals surface area contributed by atoms with Crippen LogP contribution in [0.15, 0.2) is 125 Å². The van der Waals surface area contributed by atoms with Crippen molar-refractivity contribution in [2.75, 3.05) is 22.9 Å². The Morgan fingerprint density at radius 1 is 0.560 bits per heavy atom. The number of rotatable bonds is 9. The highest BCUT2D eigenvalue weighted by Crippen LogP contribution is 2.42. The molecule has 256 valence electrons. The van der Waals surface area contributed by atoms with Gasteiger partial charge < -0.3 is 22.9 Å². The smallest absolute Gasteiger partial charge is 0.296 e. The van der Waals surface area contributed by atoms with Crippen LogP contribution < -0.4 is 22.9 Å². The molecular formula is C31H27ClN10O6S2. The molecule has 0 heterocycles. The topological polar surface area (TPSA) is 287 Å². The Morgan fingerprint density at radius 3 is 1.50 bits per heavy atom. The molecule has 16 nitrogen and oxygen atoms in total. The van der Waals surface area contributed by atoms with Crippen molar-refractivity contribution in [3.8, 4) is 11.1 Å². The molecule has 0 fully saturated rings. The summed E-state index contributed by atoms with van der Waals surface area (Å²) in [4.78, 5) is -0.905. The van der Waals surface area contributed by atoms with E-state index in [1.807, 2.05) is 12.1 Å². The molecule has 0 atom stereocenters. The quantitative estimate of drug-likeness (QED) is 0.0477. The first-order valence-corrected chi connectivity index (χ1v) is 17.4. The number of hydrogen-bond donors (Lipinski definition) is 6. The monoisotopic (exact) mass is 734 g/mol. The first kappa shape index (κ1) is 35.5. The maximum atomic E-state index is 11.8. The molecule has 0 unspecified atom stereocenters. The fraction of sp³-hybridized carbons (Fsp3) is 0.0323. The Kier molecular flexibility index (Phi) is 9.93. The summed E-state index contributed by atoms with van der Waals surface area (Å²) < 4.78 is 64.9. The molecule has 50 heavy (non-hydrogen) atoms. The molecule has 0 aliphatic carbocycles. The number of hydrogen-bond acceptors (Lipinski definition) is 14. The second kappa shape index (κ2) is 14.0. The molecule has 0 saturated heterocycles. The number of nitrogens with zero attached hydrogens (tertiary/aromatic N) is 6. The Bertz CT molecular complexity index is 2420. The zero-order chi connectivity index (χ0) is 36.4. The Labute approximate surface area is 290 Å². The van der Waals surface area contributed by atoms with Crippen LogP contribution in [0.25, 0.3) is 11.1 Å². The van der Waals surface area contributed by atoms with Gasteiger partial charge in [-0.1, -0.05) is 35.9 Å². The number of nitrogens with two attached hydrogens (primary N) is 4. The van der Waals surface area contributed by atoms with Crippen molar-refractivity contribution in [2.45, 2.75) is 16.7 Å². The van der Waals surface area contributed by atoms with Gasteiger partial charge in [-0.05, 0) is 84.3 Å². The van der Waals surface area contributed by atoms with Gasteiger partial charge in [0.15, 0.2) is 0 Å². The number of aryl methyl sites for hydroxylation is 1. The third kappa shape index (κ3) is 7.91. The maximum Gasteiger partial charge on any atom is 0.296 e. The fourth-order valence-electron chi connectivity index (χ4n) is 4.42. The van der Waals surface area contributed by atoms with Crippen LogP contribution in [0, 0.1) is 6.92 Å². The highest BCUT2D eigenvalue weighted by Gasteiger charge is 2.22. The van der Waals surface area contributed by atoms with Crippen molar-refractivity contribution in [2.24, 2.45) is 30.7 Å². The molecule has 0 aliphatic rings. The lowest BCUT2D eigenvalue weighted by Gasteiger charge is -2.09. The normalized spacial score (nSPS) is 12.4. The summed E-state index contributed by atoms with van der Waals surface area (Å²) >= 11 is 6.03. The lowest BCUT2D eigenvalue weighted by Crippen LogP contribution is -2.03. The van der Waals surface area contributed by atoms with Crippen molar-refractivity contribution < 1.29 is 25.9 Å². The SMILES string of the molecule is Cc1cc(N=Nc2ccc(S(=O)(=O)O)cc2)c(N)c(N=Nc2ccc(-c3ccc(N=Nc4c(S(=O)(=O)O)cc(N)c(Cl)c4N)cc3)cc2)c1N. The minimum Gasteiger partial charge on any atom is -0.397 e. The molecule has 0 aliphatic heterocycles. The number of halogens is 1. The van der Waals surface area contributed by atoms with E-state index in [4.69, 9.17) is 39.1 Å². The van der Waals surface area contributed by atoms with E-state index in [-0.39, 0.29) is 44.0 Å². The van der Waals surface area contributed by atoms with Crippen LogP contribution in [0.2, 0.25) is 5.02 Å². The van der Waals surface area contributed by atoms with Crippen molar-refractivity contribution in [1.82, 2.24) is 0 Å². The van der Waals surface area contributed by atoms with Gasteiger partial charge in [-0.2, -0.15) is 32.2 Å². The molecule has 0 bridgehead atoms. The van der Waals surface area contributed by atoms with Crippen molar-refractivity contribution >= 4 is 88.7 Å². The van der Waals surface area contributed by atoms with Crippen LogP contribution >= 0.6 is 11.6 Å². The van der Waals surface area contributed by atoms with Gasteiger partial charge in [-0.25, -0.2) is 0 Å². The molecule has 0 saturated carbocycles. The van der Waals surface area contributed by atoms with Crippen LogP contribution in [0.1, 0.15) is 5.56 Å². The number of azo groups is 3. The summed E-state index contributed by atoms with van der Waals surface area (Å²) in [6.07, 6.45) is 0. The van der Waals surface area contributed by atoms with E-state index in [1.165, 1.54) is 24.3 Å². The van der Waals surface area contributed by atoms with Crippen molar-refractivity contribution in [3.63, 3.8) is 0 Å². The zero-order valence-corrected chi connectivity index (χ0v) is 28.2. The first-order valence-electron chi connectivity index (χ1n) is 14.1. The standard InChI is InChI=1S/C31H27ClN10O6S2/c1-16-14-24(40-37-21-10-12-22(13-11-21)49(43,44)45)28(35)31(27(16)34)42-39-20-8-4-18(5-9-20)17-2-6-19(7-3-17)38-41-30-25(50(46,47)48)15-23(33)26(32)29(30)36/h2-15H,33-36H2,1H3,(H,43,44,45)(H,46,47,48). The van der Waals surface area contributed by atoms with Gasteiger partial charge >= 0.3 is 0 Å². The van der Waals surface area contributed by atoms with E-state index in [0.717, 1.165) is 17.2 Å². The number of benzene rings is 5. The summed E-state index contributed by atoms with van der Waals surface area (Å²) in [6.45, 7) is 1.74. The molecule has 0 aromatic heterocycles. The maximum absolute atomic E-state index is 11.8. The second-order valence-electron chi connectivity index (χ2n) is 10.6. The summed E-state index contributed by atoms with van der Waals surface area (Å²) in [5.74, 6) is 0. The van der Waals surface area contributed by atoms with Gasteiger partial charge in [0, 0.05) is 0 Å². The van der Waals surface area contributed by atoms with E-state index in [9.17, 15) is 21.4 Å².